The molecular formula is C13H7Cl2F2NO4S. The minimum Gasteiger partial charge on any atom is -0.454 e. The summed E-state index contributed by atoms with van der Waals surface area (Å²) < 4.78 is 56.3. The van der Waals surface area contributed by atoms with E-state index in [1.54, 1.807) is 0 Å². The summed E-state index contributed by atoms with van der Waals surface area (Å²) in [5.41, 5.74) is -0.593. The van der Waals surface area contributed by atoms with Gasteiger partial charge in [-0.25, -0.2) is 8.42 Å². The van der Waals surface area contributed by atoms with Crippen LogP contribution in [0.1, 0.15) is 11.7 Å². The molecule has 0 bridgehead atoms. The van der Waals surface area contributed by atoms with Crippen LogP contribution in [0.25, 0.3) is 0 Å². The highest BCUT2D eigenvalue weighted by molar-refractivity contribution is 7.92. The van der Waals surface area contributed by atoms with Gasteiger partial charge in [0.25, 0.3) is 0 Å². The van der Waals surface area contributed by atoms with Gasteiger partial charge in [0.05, 0.1) is 21.1 Å². The Kier molecular flexibility index (Phi) is 3.75. The van der Waals surface area contributed by atoms with Gasteiger partial charge in [0.15, 0.2) is 6.10 Å². The molecule has 0 spiro atoms. The van der Waals surface area contributed by atoms with E-state index < -0.39 is 36.7 Å². The fourth-order valence-corrected chi connectivity index (χ4v) is 4.14. The SMILES string of the molecule is O=S1(=O)c2ccc(Oc3cncc(Cl)c3)c(Cl)c2C(O)C1(F)F. The number of ether oxygens (including phenoxy) is 1. The largest absolute Gasteiger partial charge is 0.454 e. The summed E-state index contributed by atoms with van der Waals surface area (Å²) in [7, 11) is -5.01. The molecule has 1 N–H and O–H groups in total. The summed E-state index contributed by atoms with van der Waals surface area (Å²) in [5.74, 6) is 0.0582. The molecule has 1 atom stereocenters. The lowest BCUT2D eigenvalue weighted by Crippen LogP contribution is -2.28. The van der Waals surface area contributed by atoms with Gasteiger partial charge in [-0.1, -0.05) is 23.2 Å². The highest BCUT2D eigenvalue weighted by Gasteiger charge is 2.61. The molecule has 1 aliphatic heterocycles. The molecule has 1 aromatic heterocycles. The fourth-order valence-electron chi connectivity index (χ4n) is 2.16. The maximum absolute atomic E-state index is 13.7. The van der Waals surface area contributed by atoms with Gasteiger partial charge in [-0.05, 0) is 12.1 Å². The Morgan fingerprint density at radius 2 is 1.96 bits per heavy atom. The Morgan fingerprint density at radius 1 is 1.26 bits per heavy atom. The van der Waals surface area contributed by atoms with Crippen molar-refractivity contribution in [3.63, 3.8) is 0 Å². The van der Waals surface area contributed by atoms with Crippen LogP contribution in [0.5, 0.6) is 11.5 Å². The molecule has 0 fully saturated rings. The first-order valence-corrected chi connectivity index (χ1v) is 8.31. The Bertz CT molecular complexity index is 905. The first-order valence-electron chi connectivity index (χ1n) is 6.07. The van der Waals surface area contributed by atoms with E-state index >= 15 is 0 Å². The quantitative estimate of drug-likeness (QED) is 0.859. The van der Waals surface area contributed by atoms with Crippen molar-refractivity contribution in [1.29, 1.82) is 0 Å². The first kappa shape index (κ1) is 16.4. The van der Waals surface area contributed by atoms with Gasteiger partial charge in [-0.3, -0.25) is 4.98 Å². The first-order chi connectivity index (χ1) is 10.7. The molecule has 0 amide bonds. The normalized spacial score (nSPS) is 21.0. The van der Waals surface area contributed by atoms with E-state index in [4.69, 9.17) is 27.9 Å². The number of aromatic nitrogens is 1. The summed E-state index contributed by atoms with van der Waals surface area (Å²) in [6.45, 7) is 0. The Morgan fingerprint density at radius 3 is 2.61 bits per heavy atom. The number of pyridine rings is 1. The lowest BCUT2D eigenvalue weighted by molar-refractivity contribution is -0.0375. The second-order valence-electron chi connectivity index (χ2n) is 4.70. The van der Waals surface area contributed by atoms with Gasteiger partial charge in [0.1, 0.15) is 11.5 Å². The standard InChI is InChI=1S/C13H7Cl2F2NO4S/c14-6-3-7(5-18-4-6)22-8-1-2-9-10(11(8)15)12(19)13(16,17)23(9,20)21/h1-5,12,19H. The average Bonchev–Trinajstić information content (AvgIpc) is 2.60. The maximum Gasteiger partial charge on any atom is 0.379 e. The van der Waals surface area contributed by atoms with Crippen LogP contribution >= 0.6 is 23.2 Å². The third-order valence-corrected chi connectivity index (χ3v) is 5.72. The molecule has 1 aromatic carbocycles. The highest BCUT2D eigenvalue weighted by atomic mass is 35.5. The summed E-state index contributed by atoms with van der Waals surface area (Å²) >= 11 is 11.7. The molecule has 0 saturated heterocycles. The zero-order valence-corrected chi connectivity index (χ0v) is 13.3. The lowest BCUT2D eigenvalue weighted by Gasteiger charge is -2.13. The number of aliphatic hydroxyl groups is 1. The number of nitrogens with zero attached hydrogens (tertiary/aromatic N) is 1. The average molecular weight is 382 g/mol. The zero-order chi connectivity index (χ0) is 17.0. The van der Waals surface area contributed by atoms with Crippen LogP contribution in [-0.4, -0.2) is 23.8 Å². The second kappa shape index (κ2) is 5.27. The number of hydrogen-bond acceptors (Lipinski definition) is 5. The van der Waals surface area contributed by atoms with Gasteiger partial charge in [-0.2, -0.15) is 8.78 Å². The monoisotopic (exact) mass is 381 g/mol. The van der Waals surface area contributed by atoms with Crippen LogP contribution in [0, 0.1) is 0 Å². The van der Waals surface area contributed by atoms with Crippen LogP contribution in [0.3, 0.4) is 0 Å². The summed E-state index contributed by atoms with van der Waals surface area (Å²) in [6.07, 6.45) is 0.0864. The molecule has 2 heterocycles. The predicted molar refractivity (Wildman–Crippen MR) is 77.9 cm³/mol. The molecular weight excluding hydrogens is 375 g/mol. The molecule has 122 valence electrons. The van der Waals surface area contributed by atoms with E-state index in [-0.39, 0.29) is 16.5 Å². The molecule has 1 unspecified atom stereocenters. The molecule has 3 rings (SSSR count). The second-order valence-corrected chi connectivity index (χ2v) is 7.50. The molecule has 0 aliphatic carbocycles. The molecule has 0 radical (unpaired) electrons. The van der Waals surface area contributed by atoms with E-state index in [1.165, 1.54) is 18.5 Å². The van der Waals surface area contributed by atoms with Gasteiger partial charge in [0, 0.05) is 17.8 Å². The van der Waals surface area contributed by atoms with Crippen LogP contribution in [0.2, 0.25) is 10.0 Å². The van der Waals surface area contributed by atoms with Crippen molar-refractivity contribution in [2.45, 2.75) is 16.3 Å². The van der Waals surface area contributed by atoms with Crippen molar-refractivity contribution in [2.75, 3.05) is 0 Å². The van der Waals surface area contributed by atoms with Crippen molar-refractivity contribution in [2.24, 2.45) is 0 Å². The highest BCUT2D eigenvalue weighted by Crippen LogP contribution is 2.53. The van der Waals surface area contributed by atoms with Crippen molar-refractivity contribution in [3.8, 4) is 11.5 Å². The number of alkyl halides is 2. The molecule has 1 aliphatic rings. The number of halogens is 4. The summed E-state index contributed by atoms with van der Waals surface area (Å²) in [6, 6.07) is 3.43. The minimum absolute atomic E-state index is 0.110. The van der Waals surface area contributed by atoms with Gasteiger partial charge in [-0.15, -0.1) is 0 Å². The van der Waals surface area contributed by atoms with E-state index in [2.05, 4.69) is 4.98 Å². The number of hydrogen-bond donors (Lipinski definition) is 1. The van der Waals surface area contributed by atoms with E-state index in [0.29, 0.717) is 0 Å². The van der Waals surface area contributed by atoms with Crippen molar-refractivity contribution in [3.05, 3.63) is 46.2 Å². The minimum atomic E-state index is -5.01. The third kappa shape index (κ3) is 2.37. The van der Waals surface area contributed by atoms with Crippen LogP contribution in [-0.2, 0) is 9.84 Å². The molecule has 23 heavy (non-hydrogen) atoms. The van der Waals surface area contributed by atoms with Crippen LogP contribution < -0.4 is 4.74 Å². The van der Waals surface area contributed by atoms with Crippen molar-refractivity contribution in [1.82, 2.24) is 4.98 Å². The third-order valence-electron chi connectivity index (χ3n) is 3.25. The van der Waals surface area contributed by atoms with Crippen LogP contribution in [0.15, 0.2) is 35.5 Å². The fraction of sp³-hybridized carbons (Fsp3) is 0.154. The Balaban J connectivity index is 2.11. The zero-order valence-electron chi connectivity index (χ0n) is 11.0. The van der Waals surface area contributed by atoms with E-state index in [1.807, 2.05) is 0 Å². The smallest absolute Gasteiger partial charge is 0.379 e. The Labute approximate surface area is 139 Å². The summed E-state index contributed by atoms with van der Waals surface area (Å²) in [4.78, 5) is 3.05. The lowest BCUT2D eigenvalue weighted by atomic mass is 10.1. The number of benzene rings is 1. The number of sulfone groups is 1. The number of fused-ring (bicyclic) bond motifs is 1. The predicted octanol–water partition coefficient (Wildman–Crippen LogP) is 3.59. The van der Waals surface area contributed by atoms with Gasteiger partial charge >= 0.3 is 5.25 Å². The van der Waals surface area contributed by atoms with Crippen molar-refractivity contribution >= 4 is 33.0 Å². The topological polar surface area (TPSA) is 76.5 Å². The molecule has 10 heteroatoms. The number of rotatable bonds is 2. The molecule has 2 aromatic rings. The van der Waals surface area contributed by atoms with E-state index in [0.717, 1.165) is 12.1 Å². The van der Waals surface area contributed by atoms with Gasteiger partial charge < -0.3 is 9.84 Å². The maximum atomic E-state index is 13.7. The van der Waals surface area contributed by atoms with E-state index in [9.17, 15) is 22.3 Å². The van der Waals surface area contributed by atoms with Crippen molar-refractivity contribution < 1.29 is 27.0 Å². The number of aliphatic hydroxyl groups excluding tert-OH is 1. The molecule has 5 nitrogen and oxygen atoms in total. The summed E-state index contributed by atoms with van der Waals surface area (Å²) in [5, 5.41) is 5.16. The molecule has 0 saturated carbocycles. The Hall–Kier alpha value is -1.48. The van der Waals surface area contributed by atoms with Crippen LogP contribution in [0.4, 0.5) is 8.78 Å². The van der Waals surface area contributed by atoms with Gasteiger partial charge in [0.2, 0.25) is 9.84 Å².